The van der Waals surface area contributed by atoms with Gasteiger partial charge in [0.25, 0.3) is 0 Å². The molecule has 0 spiro atoms. The molecule has 0 bridgehead atoms. The third kappa shape index (κ3) is 0.794. The zero-order valence-corrected chi connectivity index (χ0v) is 3.60. The van der Waals surface area contributed by atoms with Crippen LogP contribution in [0.3, 0.4) is 0 Å². The van der Waals surface area contributed by atoms with Gasteiger partial charge in [0, 0.05) is 5.46 Å². The molecule has 1 heterocycles. The Morgan fingerprint density at radius 3 is 3.00 bits per heavy atom. The van der Waals surface area contributed by atoms with Crippen LogP contribution in [0.5, 0.6) is 0 Å². The maximum Gasteiger partial charge on any atom is 0.368 e. The largest absolute Gasteiger partial charge is 0.368 e. The first kappa shape index (κ1) is 4.37. The van der Waals surface area contributed by atoms with Crippen LogP contribution < -0.4 is 5.46 Å². The van der Waals surface area contributed by atoms with Crippen LogP contribution >= 0.6 is 0 Å². The standard InChI is InChI=1S/C3H3BFNO/c5-4-3-1-6-7-2-3/h1-2,4H. The first-order valence-corrected chi connectivity index (χ1v) is 1.87. The summed E-state index contributed by atoms with van der Waals surface area (Å²) in [5.41, 5.74) is 0.486. The van der Waals surface area contributed by atoms with Gasteiger partial charge in [0.2, 0.25) is 0 Å². The first-order chi connectivity index (χ1) is 3.43. The van der Waals surface area contributed by atoms with E-state index in [4.69, 9.17) is 0 Å². The molecule has 0 aromatic carbocycles. The molecule has 0 saturated heterocycles. The SMILES string of the molecule is FBc1cnoc1. The van der Waals surface area contributed by atoms with Crippen molar-refractivity contribution in [2.24, 2.45) is 0 Å². The summed E-state index contributed by atoms with van der Waals surface area (Å²) >= 11 is 0. The molecule has 36 valence electrons. The molecule has 7 heavy (non-hydrogen) atoms. The predicted octanol–water partition coefficient (Wildman–Crippen LogP) is -0.379. The number of halogens is 1. The van der Waals surface area contributed by atoms with Gasteiger partial charge in [0.15, 0.2) is 0 Å². The van der Waals surface area contributed by atoms with Crippen LogP contribution in [0, 0.1) is 0 Å². The average Bonchev–Trinajstić information content (AvgIpc) is 2.14. The minimum absolute atomic E-state index is 0.486. The molecule has 0 unspecified atom stereocenters. The Balaban J connectivity index is 2.76. The van der Waals surface area contributed by atoms with Gasteiger partial charge in [-0.05, 0) is 0 Å². The Labute approximate surface area is 40.6 Å². The van der Waals surface area contributed by atoms with E-state index in [1.54, 1.807) is 0 Å². The van der Waals surface area contributed by atoms with Crippen molar-refractivity contribution in [3.05, 3.63) is 12.5 Å². The molecule has 0 radical (unpaired) electrons. The quantitative estimate of drug-likeness (QED) is 0.448. The summed E-state index contributed by atoms with van der Waals surface area (Å²) in [4.78, 5) is 0. The summed E-state index contributed by atoms with van der Waals surface area (Å²) in [5, 5.41) is 3.28. The van der Waals surface area contributed by atoms with Gasteiger partial charge in [0.05, 0.1) is 6.20 Å². The van der Waals surface area contributed by atoms with Gasteiger partial charge in [-0.1, -0.05) is 5.16 Å². The Hall–Kier alpha value is -0.795. The van der Waals surface area contributed by atoms with Crippen LogP contribution in [-0.2, 0) is 0 Å². The zero-order chi connectivity index (χ0) is 5.11. The number of hydrogen-bond donors (Lipinski definition) is 0. The number of aromatic nitrogens is 1. The van der Waals surface area contributed by atoms with Crippen LogP contribution in [0.2, 0.25) is 0 Å². The van der Waals surface area contributed by atoms with Crippen molar-refractivity contribution >= 4 is 13.0 Å². The van der Waals surface area contributed by atoms with Crippen LogP contribution in [0.25, 0.3) is 0 Å². The Morgan fingerprint density at radius 1 is 1.86 bits per heavy atom. The maximum atomic E-state index is 11.5. The monoisotopic (exact) mass is 99.0 g/mol. The highest BCUT2D eigenvalue weighted by Crippen LogP contribution is 1.73. The van der Waals surface area contributed by atoms with E-state index in [1.165, 1.54) is 12.5 Å². The van der Waals surface area contributed by atoms with E-state index in [1.807, 2.05) is 0 Å². The second-order valence-corrected chi connectivity index (χ2v) is 1.17. The van der Waals surface area contributed by atoms with Crippen molar-refractivity contribution in [3.8, 4) is 0 Å². The molecular formula is C3H3BFNO. The summed E-state index contributed by atoms with van der Waals surface area (Å²) in [6.45, 7) is 0. The third-order valence-corrected chi connectivity index (χ3v) is 0.638. The van der Waals surface area contributed by atoms with E-state index in [2.05, 4.69) is 9.68 Å². The van der Waals surface area contributed by atoms with Crippen molar-refractivity contribution in [1.29, 1.82) is 0 Å². The van der Waals surface area contributed by atoms with Crippen molar-refractivity contribution in [1.82, 2.24) is 5.16 Å². The number of nitrogens with zero attached hydrogens (tertiary/aromatic N) is 1. The fourth-order valence-electron chi connectivity index (χ4n) is 0.293. The molecule has 0 N–H and O–H groups in total. The van der Waals surface area contributed by atoms with E-state index < -0.39 is 7.56 Å². The highest BCUT2D eigenvalue weighted by Gasteiger charge is 1.92. The van der Waals surface area contributed by atoms with Crippen molar-refractivity contribution < 1.29 is 8.84 Å². The molecule has 0 atom stereocenters. The Kier molecular flexibility index (Phi) is 1.11. The summed E-state index contributed by atoms with van der Waals surface area (Å²) < 4.78 is 15.8. The van der Waals surface area contributed by atoms with Gasteiger partial charge in [-0.15, -0.1) is 0 Å². The molecule has 0 saturated carbocycles. The predicted molar refractivity (Wildman–Crippen MR) is 24.4 cm³/mol. The third-order valence-electron chi connectivity index (χ3n) is 0.638. The molecule has 0 aliphatic rings. The molecule has 1 aromatic heterocycles. The fourth-order valence-corrected chi connectivity index (χ4v) is 0.293. The van der Waals surface area contributed by atoms with Gasteiger partial charge < -0.3 is 8.84 Å². The summed E-state index contributed by atoms with van der Waals surface area (Å²) in [6.07, 6.45) is 2.62. The van der Waals surface area contributed by atoms with Crippen LogP contribution in [0.15, 0.2) is 17.0 Å². The van der Waals surface area contributed by atoms with Crippen LogP contribution in [-0.4, -0.2) is 12.7 Å². The second kappa shape index (κ2) is 1.77. The van der Waals surface area contributed by atoms with Crippen molar-refractivity contribution in [2.75, 3.05) is 0 Å². The van der Waals surface area contributed by atoms with Crippen molar-refractivity contribution in [2.45, 2.75) is 0 Å². The molecule has 0 aliphatic heterocycles. The van der Waals surface area contributed by atoms with Gasteiger partial charge in [-0.3, -0.25) is 0 Å². The lowest BCUT2D eigenvalue weighted by Gasteiger charge is -1.67. The number of rotatable bonds is 1. The lowest BCUT2D eigenvalue weighted by molar-refractivity contribution is 0.420. The Bertz CT molecular complexity index is 129. The van der Waals surface area contributed by atoms with Gasteiger partial charge in [-0.2, -0.15) is 0 Å². The van der Waals surface area contributed by atoms with Gasteiger partial charge in [0.1, 0.15) is 6.26 Å². The first-order valence-electron chi connectivity index (χ1n) is 1.87. The van der Waals surface area contributed by atoms with Gasteiger partial charge >= 0.3 is 7.56 Å². The van der Waals surface area contributed by atoms with E-state index >= 15 is 0 Å². The summed E-state index contributed by atoms with van der Waals surface area (Å²) in [6, 6.07) is 0. The topological polar surface area (TPSA) is 26.0 Å². The smallest absolute Gasteiger partial charge is 0.365 e. The highest BCUT2D eigenvalue weighted by molar-refractivity contribution is 6.45. The summed E-state index contributed by atoms with van der Waals surface area (Å²) in [7, 11) is -0.497. The molecular weight excluding hydrogens is 95.8 g/mol. The average molecular weight is 98.9 g/mol. The lowest BCUT2D eigenvalue weighted by atomic mass is 9.96. The minimum atomic E-state index is -0.497. The van der Waals surface area contributed by atoms with Crippen molar-refractivity contribution in [3.63, 3.8) is 0 Å². The lowest BCUT2D eigenvalue weighted by Crippen LogP contribution is -2.03. The van der Waals surface area contributed by atoms with Gasteiger partial charge in [-0.25, -0.2) is 0 Å². The van der Waals surface area contributed by atoms with Crippen LogP contribution in [0.1, 0.15) is 0 Å². The molecule has 4 heteroatoms. The molecule has 0 aliphatic carbocycles. The highest BCUT2D eigenvalue weighted by atomic mass is 19.1. The molecule has 1 rings (SSSR count). The van der Waals surface area contributed by atoms with E-state index in [0.717, 1.165) is 0 Å². The minimum Gasteiger partial charge on any atom is -0.365 e. The second-order valence-electron chi connectivity index (χ2n) is 1.17. The molecule has 0 amide bonds. The molecule has 1 aromatic rings. The molecule has 2 nitrogen and oxygen atoms in total. The molecule has 0 fully saturated rings. The van der Waals surface area contributed by atoms with E-state index in [-0.39, 0.29) is 0 Å². The number of hydrogen-bond acceptors (Lipinski definition) is 2. The summed E-state index contributed by atoms with van der Waals surface area (Å²) in [5.74, 6) is 0. The Morgan fingerprint density at radius 2 is 2.71 bits per heavy atom. The normalized spacial score (nSPS) is 8.71. The van der Waals surface area contributed by atoms with E-state index in [0.29, 0.717) is 5.46 Å². The van der Waals surface area contributed by atoms with E-state index in [9.17, 15) is 4.32 Å². The fraction of sp³-hybridized carbons (Fsp3) is 0. The van der Waals surface area contributed by atoms with Crippen LogP contribution in [0.4, 0.5) is 4.32 Å². The maximum absolute atomic E-state index is 11.5. The zero-order valence-electron chi connectivity index (χ0n) is 3.60.